The lowest BCUT2D eigenvalue weighted by Gasteiger charge is -2.12. The van der Waals surface area contributed by atoms with Crippen LogP contribution in [-0.4, -0.2) is 12.5 Å². The second-order valence-electron chi connectivity index (χ2n) is 3.68. The number of nitrogens with two attached hydrogens (primary N) is 1. The summed E-state index contributed by atoms with van der Waals surface area (Å²) < 4.78 is 5.36. The van der Waals surface area contributed by atoms with Crippen LogP contribution in [0.4, 0.5) is 0 Å². The molecule has 1 unspecified atom stereocenters. The van der Waals surface area contributed by atoms with Gasteiger partial charge in [0.15, 0.2) is 5.76 Å². The van der Waals surface area contributed by atoms with Crippen molar-refractivity contribution in [2.24, 2.45) is 5.73 Å². The van der Waals surface area contributed by atoms with Crippen LogP contribution in [0, 0.1) is 0 Å². The van der Waals surface area contributed by atoms with Gasteiger partial charge in [0, 0.05) is 0 Å². The van der Waals surface area contributed by atoms with Gasteiger partial charge in [0.25, 0.3) is 0 Å². The molecule has 1 aromatic carbocycles. The van der Waals surface area contributed by atoms with Crippen molar-refractivity contribution in [2.75, 3.05) is 6.61 Å². The number of rotatable bonds is 3. The lowest BCUT2D eigenvalue weighted by molar-refractivity contribution is 0.236. The maximum atomic E-state index is 11.0. The Balaban J connectivity index is 2.34. The molecular weight excluding hydrogens is 216 g/mol. The molecule has 0 aromatic heterocycles. The Morgan fingerprint density at radius 2 is 2.12 bits per heavy atom. The molecule has 17 heavy (non-hydrogen) atoms. The second kappa shape index (κ2) is 4.76. The third-order valence-corrected chi connectivity index (χ3v) is 2.61. The molecule has 3 N–H and O–H groups in total. The van der Waals surface area contributed by atoms with Crippen LogP contribution in [0.1, 0.15) is 18.5 Å². The van der Waals surface area contributed by atoms with Crippen molar-refractivity contribution >= 4 is 5.94 Å². The summed E-state index contributed by atoms with van der Waals surface area (Å²) in [4.78, 5) is 11.0. The van der Waals surface area contributed by atoms with Gasteiger partial charge in [0.05, 0.1) is 12.6 Å². The molecule has 0 aliphatic carbocycles. The van der Waals surface area contributed by atoms with E-state index in [9.17, 15) is 4.79 Å². The molecule has 1 atom stereocenters. The Morgan fingerprint density at radius 1 is 1.41 bits per heavy atom. The van der Waals surface area contributed by atoms with Crippen LogP contribution >= 0.6 is 0 Å². The first-order valence-corrected chi connectivity index (χ1v) is 5.47. The van der Waals surface area contributed by atoms with E-state index in [4.69, 9.17) is 10.5 Å². The van der Waals surface area contributed by atoms with Crippen molar-refractivity contribution < 1.29 is 9.53 Å². The van der Waals surface area contributed by atoms with Crippen LogP contribution in [-0.2, 0) is 9.53 Å². The molecule has 0 saturated carbocycles. The van der Waals surface area contributed by atoms with E-state index in [0.29, 0.717) is 23.8 Å². The fraction of sp³-hybridized carbons (Fsp3) is 0.231. The fourth-order valence-electron chi connectivity index (χ4n) is 1.87. The van der Waals surface area contributed by atoms with E-state index in [0.717, 1.165) is 5.56 Å². The van der Waals surface area contributed by atoms with Crippen LogP contribution in [0.5, 0.6) is 0 Å². The van der Waals surface area contributed by atoms with E-state index < -0.39 is 0 Å². The minimum Gasteiger partial charge on any atom is -0.489 e. The van der Waals surface area contributed by atoms with Gasteiger partial charge >= 0.3 is 0 Å². The van der Waals surface area contributed by atoms with Crippen LogP contribution in [0.15, 0.2) is 47.5 Å². The van der Waals surface area contributed by atoms with E-state index >= 15 is 0 Å². The van der Waals surface area contributed by atoms with Gasteiger partial charge in [0.1, 0.15) is 17.3 Å². The number of nitrogens with one attached hydrogen (secondary N) is 1. The molecule has 1 aliphatic rings. The van der Waals surface area contributed by atoms with Gasteiger partial charge in [-0.2, -0.15) is 0 Å². The quantitative estimate of drug-likeness (QED) is 0.767. The Kier molecular flexibility index (Phi) is 3.17. The van der Waals surface area contributed by atoms with E-state index in [1.165, 1.54) is 0 Å². The lowest BCUT2D eigenvalue weighted by Crippen LogP contribution is -2.20. The molecule has 4 nitrogen and oxygen atoms in total. The summed E-state index contributed by atoms with van der Waals surface area (Å²) in [6.07, 6.45) is 0. The SMILES string of the molecule is CCOC1=C(N)NC(c2ccccc2)C1=C=O. The Hall–Kier alpha value is -2.19. The molecule has 2 rings (SSSR count). The molecule has 0 saturated heterocycles. The molecule has 0 amide bonds. The number of hydrogen-bond donors (Lipinski definition) is 2. The van der Waals surface area contributed by atoms with Crippen molar-refractivity contribution in [3.63, 3.8) is 0 Å². The van der Waals surface area contributed by atoms with Gasteiger partial charge in [-0.15, -0.1) is 0 Å². The summed E-state index contributed by atoms with van der Waals surface area (Å²) in [6, 6.07) is 9.33. The highest BCUT2D eigenvalue weighted by Crippen LogP contribution is 2.32. The highest BCUT2D eigenvalue weighted by Gasteiger charge is 2.31. The number of carbonyl (C=O) groups excluding carboxylic acids is 1. The van der Waals surface area contributed by atoms with Gasteiger partial charge in [0.2, 0.25) is 0 Å². The molecule has 1 aromatic rings. The van der Waals surface area contributed by atoms with Crippen LogP contribution < -0.4 is 11.1 Å². The van der Waals surface area contributed by atoms with Crippen molar-refractivity contribution in [3.05, 3.63) is 53.0 Å². The molecule has 0 bridgehead atoms. The van der Waals surface area contributed by atoms with Crippen LogP contribution in [0.3, 0.4) is 0 Å². The summed E-state index contributed by atoms with van der Waals surface area (Å²) in [5.74, 6) is 2.72. The average Bonchev–Trinajstić information content (AvgIpc) is 2.68. The van der Waals surface area contributed by atoms with Crippen LogP contribution in [0.25, 0.3) is 0 Å². The zero-order valence-corrected chi connectivity index (χ0v) is 9.57. The Morgan fingerprint density at radius 3 is 2.71 bits per heavy atom. The summed E-state index contributed by atoms with van der Waals surface area (Å²) in [5.41, 5.74) is 7.19. The molecule has 0 fully saturated rings. The molecule has 1 aliphatic heterocycles. The second-order valence-corrected chi connectivity index (χ2v) is 3.68. The first-order valence-electron chi connectivity index (χ1n) is 5.47. The van der Waals surface area contributed by atoms with Gasteiger partial charge in [-0.05, 0) is 12.5 Å². The third kappa shape index (κ3) is 2.03. The van der Waals surface area contributed by atoms with E-state index in [1.54, 1.807) is 0 Å². The molecule has 0 spiro atoms. The summed E-state index contributed by atoms with van der Waals surface area (Å²) >= 11 is 0. The third-order valence-electron chi connectivity index (χ3n) is 2.61. The van der Waals surface area contributed by atoms with Gasteiger partial charge in [-0.25, -0.2) is 4.79 Å². The van der Waals surface area contributed by atoms with Crippen molar-refractivity contribution in [2.45, 2.75) is 13.0 Å². The molecule has 88 valence electrons. The zero-order chi connectivity index (χ0) is 12.3. The molecule has 4 heteroatoms. The maximum Gasteiger partial charge on any atom is 0.175 e. The number of hydrogen-bond acceptors (Lipinski definition) is 4. The van der Waals surface area contributed by atoms with E-state index in [1.807, 2.05) is 43.2 Å². The summed E-state index contributed by atoms with van der Waals surface area (Å²) in [5, 5.41) is 3.04. The number of benzene rings is 1. The first-order chi connectivity index (χ1) is 8.27. The van der Waals surface area contributed by atoms with Crippen molar-refractivity contribution in [3.8, 4) is 0 Å². The zero-order valence-electron chi connectivity index (χ0n) is 9.57. The fourth-order valence-corrected chi connectivity index (χ4v) is 1.87. The standard InChI is InChI=1S/C13H14N2O2/c1-2-17-12-10(8-16)11(15-13(12)14)9-6-4-3-5-7-9/h3-7,11,15H,2,14H2,1H3. The van der Waals surface area contributed by atoms with E-state index in [2.05, 4.69) is 5.32 Å². The minimum atomic E-state index is -0.268. The Bertz CT molecular complexity index is 487. The highest BCUT2D eigenvalue weighted by atomic mass is 16.5. The first kappa shape index (κ1) is 11.3. The minimum absolute atomic E-state index is 0.268. The molecular formula is C13H14N2O2. The van der Waals surface area contributed by atoms with Crippen molar-refractivity contribution in [1.82, 2.24) is 5.32 Å². The predicted octanol–water partition coefficient (Wildman–Crippen LogP) is 1.25. The summed E-state index contributed by atoms with van der Waals surface area (Å²) in [6.45, 7) is 2.31. The summed E-state index contributed by atoms with van der Waals surface area (Å²) in [7, 11) is 0. The average molecular weight is 230 g/mol. The molecule has 1 heterocycles. The van der Waals surface area contributed by atoms with Crippen molar-refractivity contribution in [1.29, 1.82) is 0 Å². The van der Waals surface area contributed by atoms with Crippen LogP contribution in [0.2, 0.25) is 0 Å². The monoisotopic (exact) mass is 230 g/mol. The number of ether oxygens (including phenoxy) is 1. The van der Waals surface area contributed by atoms with Gasteiger partial charge in [-0.1, -0.05) is 30.3 Å². The maximum absolute atomic E-state index is 11.0. The van der Waals surface area contributed by atoms with E-state index in [-0.39, 0.29) is 6.04 Å². The van der Waals surface area contributed by atoms with Gasteiger partial charge in [-0.3, -0.25) is 0 Å². The predicted molar refractivity (Wildman–Crippen MR) is 64.4 cm³/mol. The smallest absolute Gasteiger partial charge is 0.175 e. The largest absolute Gasteiger partial charge is 0.489 e. The highest BCUT2D eigenvalue weighted by molar-refractivity contribution is 5.65. The lowest BCUT2D eigenvalue weighted by atomic mass is 10.0. The normalized spacial score (nSPS) is 18.9. The topological polar surface area (TPSA) is 64.3 Å². The van der Waals surface area contributed by atoms with Gasteiger partial charge < -0.3 is 15.8 Å². The molecule has 0 radical (unpaired) electrons. The Labute approximate surface area is 99.8 Å².